The Morgan fingerprint density at radius 1 is 1.30 bits per heavy atom. The van der Waals surface area contributed by atoms with Crippen LogP contribution in [0.2, 0.25) is 0 Å². The van der Waals surface area contributed by atoms with Crippen LogP contribution in [0, 0.1) is 16.0 Å². The first-order valence-corrected chi connectivity index (χ1v) is 6.57. The quantitative estimate of drug-likeness (QED) is 0.476. The van der Waals surface area contributed by atoms with Crippen LogP contribution in [0.25, 0.3) is 0 Å². The fraction of sp³-hybridized carbons (Fsp3) is 0.267. The van der Waals surface area contributed by atoms with E-state index in [-0.39, 0.29) is 22.3 Å². The summed E-state index contributed by atoms with van der Waals surface area (Å²) in [4.78, 5) is 22.5. The first-order chi connectivity index (χ1) is 9.65. The molecule has 3 rings (SSSR count). The summed E-state index contributed by atoms with van der Waals surface area (Å²) in [5.41, 5.74) is 1.45. The number of Topliss-reactive ketones (excluding diaryl/α,β-unsaturated/α-hetero) is 1. The summed E-state index contributed by atoms with van der Waals surface area (Å²) in [5.74, 6) is 0.378. The Hall–Kier alpha value is -2.43. The van der Waals surface area contributed by atoms with Crippen LogP contribution >= 0.6 is 0 Å². The smallest absolute Gasteiger partial charge is 0.274 e. The summed E-state index contributed by atoms with van der Waals surface area (Å²) in [6.07, 6.45) is 5.53. The Bertz CT molecular complexity index is 671. The Morgan fingerprint density at radius 2 is 2.05 bits per heavy atom. The van der Waals surface area contributed by atoms with Crippen molar-refractivity contribution in [2.75, 3.05) is 0 Å². The lowest BCUT2D eigenvalue weighted by Crippen LogP contribution is -2.02. The third-order valence-corrected chi connectivity index (χ3v) is 3.52. The molecule has 1 fully saturated rings. The Labute approximate surface area is 116 Å². The summed E-state index contributed by atoms with van der Waals surface area (Å²) in [5, 5.41) is 11.0. The number of rotatable bonds is 5. The zero-order valence-electron chi connectivity index (χ0n) is 10.9. The molecule has 0 atom stereocenters. The maximum atomic E-state index is 11.9. The maximum Gasteiger partial charge on any atom is 0.274 e. The maximum absolute atomic E-state index is 11.9. The van der Waals surface area contributed by atoms with Crippen molar-refractivity contribution in [2.45, 2.75) is 19.4 Å². The highest BCUT2D eigenvalue weighted by molar-refractivity contribution is 5.99. The van der Waals surface area contributed by atoms with E-state index in [1.807, 2.05) is 4.57 Å². The van der Waals surface area contributed by atoms with E-state index in [1.165, 1.54) is 6.07 Å². The Balaban J connectivity index is 1.81. The van der Waals surface area contributed by atoms with Gasteiger partial charge in [-0.25, -0.2) is 0 Å². The lowest BCUT2D eigenvalue weighted by atomic mass is 10.1. The van der Waals surface area contributed by atoms with Crippen LogP contribution in [0.3, 0.4) is 0 Å². The fourth-order valence-electron chi connectivity index (χ4n) is 2.29. The van der Waals surface area contributed by atoms with Gasteiger partial charge in [-0.05, 0) is 18.9 Å². The van der Waals surface area contributed by atoms with Crippen molar-refractivity contribution in [3.05, 3.63) is 64.0 Å². The van der Waals surface area contributed by atoms with E-state index in [4.69, 9.17) is 0 Å². The zero-order chi connectivity index (χ0) is 14.1. The Kier molecular flexibility index (Phi) is 3.10. The predicted molar refractivity (Wildman–Crippen MR) is 73.7 cm³/mol. The molecule has 0 saturated heterocycles. The summed E-state index contributed by atoms with van der Waals surface area (Å²) >= 11 is 0. The molecule has 20 heavy (non-hydrogen) atoms. The van der Waals surface area contributed by atoms with Crippen molar-refractivity contribution < 1.29 is 9.72 Å². The summed E-state index contributed by atoms with van der Waals surface area (Å²) in [7, 11) is 0. The molecule has 0 aliphatic heterocycles. The molecule has 5 heteroatoms. The third kappa shape index (κ3) is 2.47. The van der Waals surface area contributed by atoms with Crippen molar-refractivity contribution in [2.24, 2.45) is 5.92 Å². The van der Waals surface area contributed by atoms with Crippen molar-refractivity contribution in [1.29, 1.82) is 0 Å². The average molecular weight is 270 g/mol. The van der Waals surface area contributed by atoms with Gasteiger partial charge in [0.2, 0.25) is 0 Å². The first kappa shape index (κ1) is 12.6. The molecule has 1 saturated carbocycles. The number of benzene rings is 1. The van der Waals surface area contributed by atoms with Crippen LogP contribution in [-0.2, 0) is 6.54 Å². The van der Waals surface area contributed by atoms with E-state index in [1.54, 1.807) is 36.7 Å². The van der Waals surface area contributed by atoms with Crippen LogP contribution in [-0.4, -0.2) is 15.3 Å². The van der Waals surface area contributed by atoms with Crippen molar-refractivity contribution in [1.82, 2.24) is 4.57 Å². The van der Waals surface area contributed by atoms with E-state index >= 15 is 0 Å². The number of carbonyl (C=O) groups excluding carboxylic acids is 1. The number of carbonyl (C=O) groups is 1. The minimum absolute atomic E-state index is 0.108. The van der Waals surface area contributed by atoms with Crippen molar-refractivity contribution in [3.8, 4) is 0 Å². The van der Waals surface area contributed by atoms with E-state index in [9.17, 15) is 14.9 Å². The van der Waals surface area contributed by atoms with E-state index in [0.717, 1.165) is 12.8 Å². The van der Waals surface area contributed by atoms with Crippen LogP contribution in [0.5, 0.6) is 0 Å². The van der Waals surface area contributed by atoms with E-state index < -0.39 is 0 Å². The molecule has 102 valence electrons. The molecule has 1 aromatic carbocycles. The zero-order valence-corrected chi connectivity index (χ0v) is 10.9. The molecule has 0 amide bonds. The SMILES string of the molecule is O=C(c1ccn(Cc2ccccc2[N+](=O)[O-])c1)C1CC1. The van der Waals surface area contributed by atoms with E-state index in [0.29, 0.717) is 17.7 Å². The first-order valence-electron chi connectivity index (χ1n) is 6.57. The van der Waals surface area contributed by atoms with Crippen LogP contribution < -0.4 is 0 Å². The molecular formula is C15H14N2O3. The van der Waals surface area contributed by atoms with Crippen LogP contribution in [0.1, 0.15) is 28.8 Å². The predicted octanol–water partition coefficient (Wildman–Crippen LogP) is 3.04. The van der Waals surface area contributed by atoms with Gasteiger partial charge in [0, 0.05) is 35.5 Å². The number of para-hydroxylation sites is 1. The normalized spacial score (nSPS) is 14.2. The van der Waals surface area contributed by atoms with Gasteiger partial charge in [-0.15, -0.1) is 0 Å². The molecule has 1 aliphatic rings. The van der Waals surface area contributed by atoms with Gasteiger partial charge in [0.25, 0.3) is 5.69 Å². The van der Waals surface area contributed by atoms with Gasteiger partial charge >= 0.3 is 0 Å². The molecule has 5 nitrogen and oxygen atoms in total. The highest BCUT2D eigenvalue weighted by Gasteiger charge is 2.30. The fourth-order valence-corrected chi connectivity index (χ4v) is 2.29. The molecule has 1 aliphatic carbocycles. The van der Waals surface area contributed by atoms with Gasteiger partial charge in [-0.2, -0.15) is 0 Å². The van der Waals surface area contributed by atoms with Crippen molar-refractivity contribution >= 4 is 11.5 Å². The number of nitro groups is 1. The molecule has 1 heterocycles. The van der Waals surface area contributed by atoms with Gasteiger partial charge in [-0.1, -0.05) is 18.2 Å². The molecule has 1 aromatic heterocycles. The molecule has 0 spiro atoms. The van der Waals surface area contributed by atoms with Gasteiger partial charge in [0.15, 0.2) is 5.78 Å². The van der Waals surface area contributed by atoms with E-state index in [2.05, 4.69) is 0 Å². The molecule has 0 radical (unpaired) electrons. The largest absolute Gasteiger partial charge is 0.349 e. The lowest BCUT2D eigenvalue weighted by molar-refractivity contribution is -0.385. The second-order valence-corrected chi connectivity index (χ2v) is 5.10. The topological polar surface area (TPSA) is 65.1 Å². The lowest BCUT2D eigenvalue weighted by Gasteiger charge is -2.04. The molecule has 0 unspecified atom stereocenters. The molecular weight excluding hydrogens is 256 g/mol. The summed E-state index contributed by atoms with van der Waals surface area (Å²) < 4.78 is 1.82. The highest BCUT2D eigenvalue weighted by Crippen LogP contribution is 2.32. The minimum atomic E-state index is -0.380. The summed E-state index contributed by atoms with van der Waals surface area (Å²) in [6.45, 7) is 0.398. The molecule has 0 bridgehead atoms. The number of nitro benzene ring substituents is 1. The Morgan fingerprint density at radius 3 is 2.75 bits per heavy atom. The molecule has 0 N–H and O–H groups in total. The minimum Gasteiger partial charge on any atom is -0.349 e. The number of aromatic nitrogens is 1. The second-order valence-electron chi connectivity index (χ2n) is 5.10. The van der Waals surface area contributed by atoms with Crippen molar-refractivity contribution in [3.63, 3.8) is 0 Å². The number of ketones is 1. The second kappa shape index (κ2) is 4.92. The molecule has 2 aromatic rings. The van der Waals surface area contributed by atoms with Gasteiger partial charge < -0.3 is 4.57 Å². The van der Waals surface area contributed by atoms with Gasteiger partial charge in [-0.3, -0.25) is 14.9 Å². The van der Waals surface area contributed by atoms with Gasteiger partial charge in [0.05, 0.1) is 11.5 Å². The van der Waals surface area contributed by atoms with Crippen LogP contribution in [0.4, 0.5) is 5.69 Å². The summed E-state index contributed by atoms with van der Waals surface area (Å²) in [6, 6.07) is 8.45. The highest BCUT2D eigenvalue weighted by atomic mass is 16.6. The third-order valence-electron chi connectivity index (χ3n) is 3.52. The number of hydrogen-bond acceptors (Lipinski definition) is 3. The number of nitrogens with zero attached hydrogens (tertiary/aromatic N) is 2. The number of hydrogen-bond donors (Lipinski definition) is 0. The van der Waals surface area contributed by atoms with Gasteiger partial charge in [0.1, 0.15) is 0 Å². The monoisotopic (exact) mass is 270 g/mol. The average Bonchev–Trinajstić information content (AvgIpc) is 3.19. The van der Waals surface area contributed by atoms with Crippen LogP contribution in [0.15, 0.2) is 42.7 Å². The standard InChI is InChI=1S/C15H14N2O3/c18-15(11-5-6-11)13-7-8-16(10-13)9-12-3-1-2-4-14(12)17(19)20/h1-4,7-8,10-11H,5-6,9H2.